The molecule has 0 unspecified atom stereocenters. The molecule has 4 aromatic rings. The number of aryl methyl sites for hydroxylation is 2. The molecule has 3 N–H and O–H groups in total. The number of pyridine rings is 1. The number of halogens is 3. The Kier molecular flexibility index (Phi) is 6.49. The molecule has 0 radical (unpaired) electrons. The highest BCUT2D eigenvalue weighted by Gasteiger charge is 2.27. The smallest absolute Gasteiger partial charge is 0.280 e. The van der Waals surface area contributed by atoms with Crippen LogP contribution in [0.5, 0.6) is 0 Å². The van der Waals surface area contributed by atoms with Crippen molar-refractivity contribution in [3.8, 4) is 11.1 Å². The maximum absolute atomic E-state index is 13.7. The van der Waals surface area contributed by atoms with Crippen LogP contribution in [0.3, 0.4) is 0 Å². The van der Waals surface area contributed by atoms with Crippen molar-refractivity contribution < 1.29 is 18.4 Å². The molecule has 34 heavy (non-hydrogen) atoms. The Morgan fingerprint density at radius 2 is 1.85 bits per heavy atom. The first kappa shape index (κ1) is 24.0. The largest absolute Gasteiger partial charge is 0.365 e. The first-order chi connectivity index (χ1) is 16.2. The molecule has 0 fully saturated rings. The minimum absolute atomic E-state index is 0.00254. The number of primary amides is 1. The fourth-order valence-corrected chi connectivity index (χ4v) is 5.26. The Balaban J connectivity index is 1.99. The highest BCUT2D eigenvalue weighted by molar-refractivity contribution is 9.10. The number of amides is 2. The zero-order chi connectivity index (χ0) is 24.7. The maximum Gasteiger partial charge on any atom is 0.280 e. The van der Waals surface area contributed by atoms with E-state index in [-0.39, 0.29) is 21.1 Å². The number of hydrogen-bond donors (Lipinski definition) is 2. The first-order valence-corrected chi connectivity index (χ1v) is 11.9. The van der Waals surface area contributed by atoms with Gasteiger partial charge in [0, 0.05) is 29.7 Å². The Morgan fingerprint density at radius 1 is 1.18 bits per heavy atom. The van der Waals surface area contributed by atoms with Gasteiger partial charge in [0.2, 0.25) is 0 Å². The number of nitrogens with zero attached hydrogens (tertiary/aromatic N) is 5. The summed E-state index contributed by atoms with van der Waals surface area (Å²) in [6, 6.07) is 1.26. The summed E-state index contributed by atoms with van der Waals surface area (Å²) in [6.07, 6.45) is 0.221. The van der Waals surface area contributed by atoms with Gasteiger partial charge in [-0.2, -0.15) is 10.2 Å². The van der Waals surface area contributed by atoms with Gasteiger partial charge in [-0.15, -0.1) is 11.3 Å². The molecular formula is C21H20BrF2N7O2S. The number of nitrogens with one attached hydrogen (secondary N) is 1. The lowest BCUT2D eigenvalue weighted by Crippen LogP contribution is -2.20. The van der Waals surface area contributed by atoms with Crippen LogP contribution in [-0.2, 0) is 13.1 Å². The number of alkyl halides is 2. The summed E-state index contributed by atoms with van der Waals surface area (Å²) in [4.78, 5) is 29.7. The van der Waals surface area contributed by atoms with Gasteiger partial charge in [0.05, 0.1) is 22.6 Å². The van der Waals surface area contributed by atoms with E-state index in [4.69, 9.17) is 5.73 Å². The molecular weight excluding hydrogens is 532 g/mol. The van der Waals surface area contributed by atoms with Gasteiger partial charge >= 0.3 is 0 Å². The number of aromatic nitrogens is 5. The van der Waals surface area contributed by atoms with E-state index in [2.05, 4.69) is 36.4 Å². The number of carbonyl (C=O) groups excluding carboxylic acids is 2. The highest BCUT2D eigenvalue weighted by atomic mass is 79.9. The van der Waals surface area contributed by atoms with Crippen LogP contribution in [-0.4, -0.2) is 36.4 Å². The van der Waals surface area contributed by atoms with E-state index in [9.17, 15) is 18.4 Å². The third kappa shape index (κ3) is 3.98. The monoisotopic (exact) mass is 551 g/mol. The van der Waals surface area contributed by atoms with Crippen LogP contribution in [0.2, 0.25) is 0 Å². The molecule has 0 aliphatic rings. The van der Waals surface area contributed by atoms with Crippen molar-refractivity contribution in [1.82, 2.24) is 24.5 Å². The van der Waals surface area contributed by atoms with Crippen LogP contribution in [0.15, 0.2) is 22.9 Å². The normalized spacial score (nSPS) is 11.5. The van der Waals surface area contributed by atoms with Gasteiger partial charge in [-0.05, 0) is 48.3 Å². The summed E-state index contributed by atoms with van der Waals surface area (Å²) in [5.74, 6) is -1.36. The molecule has 0 aliphatic carbocycles. The number of nitrogens with two attached hydrogens (primary N) is 1. The second-order valence-corrected chi connectivity index (χ2v) is 9.17. The lowest BCUT2D eigenvalue weighted by atomic mass is 10.0. The molecule has 0 bridgehead atoms. The summed E-state index contributed by atoms with van der Waals surface area (Å²) in [6.45, 7) is 6.56. The molecule has 0 atom stereocenters. The van der Waals surface area contributed by atoms with Gasteiger partial charge < -0.3 is 11.1 Å². The molecule has 0 aromatic carbocycles. The van der Waals surface area contributed by atoms with Crippen molar-refractivity contribution in [2.24, 2.45) is 5.73 Å². The SMILES string of the molecule is CCn1ncc(-c2cc(C(F)F)nc3sc(C(N)=O)c(NC(=O)c4c(Br)cnn4CC)c23)c1C. The molecule has 13 heteroatoms. The van der Waals surface area contributed by atoms with Crippen molar-refractivity contribution in [3.05, 3.63) is 44.9 Å². The quantitative estimate of drug-likeness (QED) is 0.343. The summed E-state index contributed by atoms with van der Waals surface area (Å²) >= 11 is 4.17. The number of hydrogen-bond acceptors (Lipinski definition) is 6. The maximum atomic E-state index is 13.7. The summed E-state index contributed by atoms with van der Waals surface area (Å²) < 4.78 is 31.1. The molecule has 2 amide bonds. The topological polar surface area (TPSA) is 121 Å². The third-order valence-electron chi connectivity index (χ3n) is 5.37. The molecule has 0 spiro atoms. The fourth-order valence-electron chi connectivity index (χ4n) is 3.76. The average molecular weight is 552 g/mol. The van der Waals surface area contributed by atoms with Gasteiger partial charge in [0.15, 0.2) is 0 Å². The van der Waals surface area contributed by atoms with Gasteiger partial charge in [-0.25, -0.2) is 13.8 Å². The number of fused-ring (bicyclic) bond motifs is 1. The Labute approximate surface area is 205 Å². The van der Waals surface area contributed by atoms with Crippen LogP contribution in [0, 0.1) is 6.92 Å². The number of anilines is 1. The minimum Gasteiger partial charge on any atom is -0.365 e. The van der Waals surface area contributed by atoms with E-state index in [0.717, 1.165) is 17.0 Å². The van der Waals surface area contributed by atoms with Gasteiger partial charge in [0.25, 0.3) is 18.2 Å². The zero-order valence-electron chi connectivity index (χ0n) is 18.4. The van der Waals surface area contributed by atoms with Crippen LogP contribution in [0.4, 0.5) is 14.5 Å². The van der Waals surface area contributed by atoms with Gasteiger partial charge in [-0.1, -0.05) is 0 Å². The lowest BCUT2D eigenvalue weighted by molar-refractivity contribution is 0.100. The van der Waals surface area contributed by atoms with Crippen LogP contribution < -0.4 is 11.1 Å². The van der Waals surface area contributed by atoms with Gasteiger partial charge in [-0.3, -0.25) is 19.0 Å². The molecule has 9 nitrogen and oxygen atoms in total. The Bertz CT molecular complexity index is 1430. The van der Waals surface area contributed by atoms with Gasteiger partial charge in [0.1, 0.15) is 21.1 Å². The van der Waals surface area contributed by atoms with Crippen LogP contribution >= 0.6 is 27.3 Å². The molecule has 4 rings (SSSR count). The standard InChI is InChI=1S/C21H20BrF2N7O2S/c1-4-30-9(3)11(7-26-30)10-6-13(18(23)24)28-21-14(10)15(17(34-21)19(25)32)29-20(33)16-12(22)8-27-31(16)5-2/h6-8,18H,4-5H2,1-3H3,(H2,25,32)(H,29,33). The van der Waals surface area contributed by atoms with Crippen molar-refractivity contribution in [2.75, 3.05) is 5.32 Å². The molecule has 4 heterocycles. The lowest BCUT2D eigenvalue weighted by Gasteiger charge is -2.12. The summed E-state index contributed by atoms with van der Waals surface area (Å²) in [5.41, 5.74) is 7.20. The highest BCUT2D eigenvalue weighted by Crippen LogP contribution is 2.43. The Morgan fingerprint density at radius 3 is 2.44 bits per heavy atom. The van der Waals surface area contributed by atoms with Crippen LogP contribution in [0.25, 0.3) is 21.3 Å². The predicted octanol–water partition coefficient (Wildman–Crippen LogP) is 4.76. The second kappa shape index (κ2) is 9.22. The van der Waals surface area contributed by atoms with E-state index >= 15 is 0 Å². The van der Waals surface area contributed by atoms with E-state index in [1.807, 2.05) is 20.8 Å². The van der Waals surface area contributed by atoms with E-state index in [1.54, 1.807) is 10.9 Å². The van der Waals surface area contributed by atoms with E-state index in [0.29, 0.717) is 34.1 Å². The summed E-state index contributed by atoms with van der Waals surface area (Å²) in [5, 5.41) is 11.6. The second-order valence-electron chi connectivity index (χ2n) is 7.32. The Hall–Kier alpha value is -3.19. The number of thiophene rings is 1. The van der Waals surface area contributed by atoms with Crippen molar-refractivity contribution in [3.63, 3.8) is 0 Å². The molecule has 0 saturated heterocycles. The number of rotatable bonds is 7. The van der Waals surface area contributed by atoms with E-state index < -0.39 is 23.9 Å². The molecule has 178 valence electrons. The third-order valence-corrected chi connectivity index (χ3v) is 7.05. The summed E-state index contributed by atoms with van der Waals surface area (Å²) in [7, 11) is 0. The zero-order valence-corrected chi connectivity index (χ0v) is 20.8. The average Bonchev–Trinajstić information content (AvgIpc) is 3.47. The fraction of sp³-hybridized carbons (Fsp3) is 0.286. The molecule has 0 aliphatic heterocycles. The minimum atomic E-state index is -2.84. The van der Waals surface area contributed by atoms with Crippen molar-refractivity contribution in [1.29, 1.82) is 0 Å². The van der Waals surface area contributed by atoms with Crippen molar-refractivity contribution >= 4 is 55.0 Å². The molecule has 0 saturated carbocycles. The first-order valence-electron chi connectivity index (χ1n) is 10.3. The van der Waals surface area contributed by atoms with E-state index in [1.165, 1.54) is 16.9 Å². The van der Waals surface area contributed by atoms with Crippen LogP contribution in [0.1, 0.15) is 51.8 Å². The predicted molar refractivity (Wildman–Crippen MR) is 128 cm³/mol. The van der Waals surface area contributed by atoms with Crippen molar-refractivity contribution in [2.45, 2.75) is 40.3 Å². The number of carbonyl (C=O) groups is 2. The molecule has 4 aromatic heterocycles.